The van der Waals surface area contributed by atoms with Gasteiger partial charge in [0, 0.05) is 42.9 Å². The molecule has 1 N–H and O–H groups in total. The Morgan fingerprint density at radius 1 is 1.14 bits per heavy atom. The molecule has 2 aliphatic rings. The Labute approximate surface area is 166 Å². The van der Waals surface area contributed by atoms with Crippen molar-refractivity contribution in [2.24, 2.45) is 5.92 Å². The molecule has 4 rings (SSSR count). The smallest absolute Gasteiger partial charge is 0.223 e. The SMILES string of the molecule is COc1cc2nc(NCC3CC(=O)N(C4CCCC4)C3)cc(C)c2cc1OC. The lowest BCUT2D eigenvalue weighted by atomic mass is 10.1. The molecular weight excluding hydrogens is 354 g/mol. The zero-order valence-electron chi connectivity index (χ0n) is 17.0. The van der Waals surface area contributed by atoms with Crippen molar-refractivity contribution in [2.75, 3.05) is 32.6 Å². The van der Waals surface area contributed by atoms with Gasteiger partial charge in [0.05, 0.1) is 19.7 Å². The van der Waals surface area contributed by atoms with Crippen molar-refractivity contribution in [3.8, 4) is 11.5 Å². The number of hydrogen-bond acceptors (Lipinski definition) is 5. The molecule has 0 bridgehead atoms. The van der Waals surface area contributed by atoms with Gasteiger partial charge in [-0.25, -0.2) is 4.98 Å². The van der Waals surface area contributed by atoms with Crippen LogP contribution < -0.4 is 14.8 Å². The summed E-state index contributed by atoms with van der Waals surface area (Å²) in [5, 5.41) is 4.50. The molecule has 1 saturated carbocycles. The maximum atomic E-state index is 12.4. The van der Waals surface area contributed by atoms with E-state index in [9.17, 15) is 4.79 Å². The largest absolute Gasteiger partial charge is 0.493 e. The van der Waals surface area contributed by atoms with Crippen LogP contribution in [0.3, 0.4) is 0 Å². The normalized spacial score (nSPS) is 20.2. The molecule has 1 aliphatic heterocycles. The minimum absolute atomic E-state index is 0.318. The standard InChI is InChI=1S/C22H29N3O3/c1-14-8-21(24-18-11-20(28-3)19(27-2)10-17(14)18)23-12-15-9-22(26)25(13-15)16-6-4-5-7-16/h8,10-11,15-16H,4-7,9,12-13H2,1-3H3,(H,23,24). The van der Waals surface area contributed by atoms with Crippen LogP contribution in [-0.2, 0) is 4.79 Å². The monoisotopic (exact) mass is 383 g/mol. The van der Waals surface area contributed by atoms with Crippen molar-refractivity contribution >= 4 is 22.6 Å². The molecule has 6 nitrogen and oxygen atoms in total. The molecule has 1 saturated heterocycles. The van der Waals surface area contributed by atoms with E-state index in [1.807, 2.05) is 12.1 Å². The summed E-state index contributed by atoms with van der Waals surface area (Å²) in [6, 6.07) is 6.41. The molecule has 0 radical (unpaired) electrons. The molecule has 2 fully saturated rings. The molecule has 1 amide bonds. The Kier molecular flexibility index (Phi) is 5.29. The number of rotatable bonds is 6. The fraction of sp³-hybridized carbons (Fsp3) is 0.545. The summed E-state index contributed by atoms with van der Waals surface area (Å²) in [6.45, 7) is 3.70. The predicted molar refractivity (Wildman–Crippen MR) is 110 cm³/mol. The second-order valence-electron chi connectivity index (χ2n) is 7.98. The first-order valence-corrected chi connectivity index (χ1v) is 10.2. The first-order valence-electron chi connectivity index (χ1n) is 10.2. The topological polar surface area (TPSA) is 63.7 Å². The number of nitrogens with zero attached hydrogens (tertiary/aromatic N) is 2. The third kappa shape index (κ3) is 3.60. The molecule has 1 atom stereocenters. The number of anilines is 1. The molecule has 6 heteroatoms. The second kappa shape index (κ2) is 7.86. The van der Waals surface area contributed by atoms with E-state index in [0.717, 1.165) is 35.4 Å². The van der Waals surface area contributed by atoms with Crippen LogP contribution in [0.1, 0.15) is 37.7 Å². The summed E-state index contributed by atoms with van der Waals surface area (Å²) in [7, 11) is 3.27. The van der Waals surface area contributed by atoms with E-state index in [2.05, 4.69) is 23.2 Å². The fourth-order valence-corrected chi connectivity index (χ4v) is 4.58. The van der Waals surface area contributed by atoms with Gasteiger partial charge in [0.25, 0.3) is 0 Å². The lowest BCUT2D eigenvalue weighted by molar-refractivity contribution is -0.129. The third-order valence-electron chi connectivity index (χ3n) is 6.10. The molecule has 1 aliphatic carbocycles. The van der Waals surface area contributed by atoms with Gasteiger partial charge in [0.1, 0.15) is 5.82 Å². The van der Waals surface area contributed by atoms with Gasteiger partial charge in [-0.2, -0.15) is 0 Å². The molecule has 1 unspecified atom stereocenters. The van der Waals surface area contributed by atoms with Gasteiger partial charge in [-0.3, -0.25) is 4.79 Å². The van der Waals surface area contributed by atoms with Crippen LogP contribution in [0, 0.1) is 12.8 Å². The van der Waals surface area contributed by atoms with Crippen molar-refractivity contribution in [3.63, 3.8) is 0 Å². The molecule has 0 spiro atoms. The number of aromatic nitrogens is 1. The minimum atomic E-state index is 0.318. The summed E-state index contributed by atoms with van der Waals surface area (Å²) < 4.78 is 10.8. The van der Waals surface area contributed by atoms with Crippen LogP contribution >= 0.6 is 0 Å². The van der Waals surface area contributed by atoms with Crippen molar-refractivity contribution in [2.45, 2.75) is 45.1 Å². The zero-order chi connectivity index (χ0) is 19.7. The number of pyridine rings is 1. The maximum absolute atomic E-state index is 12.4. The van der Waals surface area contributed by atoms with E-state index in [0.29, 0.717) is 35.8 Å². The van der Waals surface area contributed by atoms with Crippen LogP contribution in [0.2, 0.25) is 0 Å². The molecular formula is C22H29N3O3. The summed E-state index contributed by atoms with van der Waals surface area (Å²) in [5.74, 6) is 2.88. The Balaban J connectivity index is 1.47. The van der Waals surface area contributed by atoms with Crippen LogP contribution in [0.25, 0.3) is 10.9 Å². The fourth-order valence-electron chi connectivity index (χ4n) is 4.58. The predicted octanol–water partition coefficient (Wildman–Crippen LogP) is 3.76. The molecule has 2 heterocycles. The average molecular weight is 383 g/mol. The zero-order valence-corrected chi connectivity index (χ0v) is 17.0. The van der Waals surface area contributed by atoms with E-state index in [4.69, 9.17) is 14.5 Å². The number of nitrogens with one attached hydrogen (secondary N) is 1. The van der Waals surface area contributed by atoms with Crippen molar-refractivity contribution in [1.29, 1.82) is 0 Å². The number of carbonyl (C=O) groups is 1. The van der Waals surface area contributed by atoms with Gasteiger partial charge in [-0.15, -0.1) is 0 Å². The Morgan fingerprint density at radius 3 is 2.57 bits per heavy atom. The van der Waals surface area contributed by atoms with Crippen LogP contribution in [0.4, 0.5) is 5.82 Å². The number of methoxy groups -OCH3 is 2. The molecule has 150 valence electrons. The van der Waals surface area contributed by atoms with E-state index >= 15 is 0 Å². The maximum Gasteiger partial charge on any atom is 0.223 e. The molecule has 1 aromatic carbocycles. The van der Waals surface area contributed by atoms with Crippen LogP contribution in [-0.4, -0.2) is 49.1 Å². The number of hydrogen-bond donors (Lipinski definition) is 1. The lowest BCUT2D eigenvalue weighted by Crippen LogP contribution is -2.34. The van der Waals surface area contributed by atoms with E-state index in [-0.39, 0.29) is 0 Å². The summed E-state index contributed by atoms with van der Waals surface area (Å²) >= 11 is 0. The van der Waals surface area contributed by atoms with Crippen molar-refractivity contribution in [3.05, 3.63) is 23.8 Å². The van der Waals surface area contributed by atoms with Gasteiger partial charge < -0.3 is 19.7 Å². The number of ether oxygens (including phenoxy) is 2. The van der Waals surface area contributed by atoms with Crippen molar-refractivity contribution < 1.29 is 14.3 Å². The Bertz CT molecular complexity index is 877. The highest BCUT2D eigenvalue weighted by Crippen LogP contribution is 2.34. The van der Waals surface area contributed by atoms with Gasteiger partial charge >= 0.3 is 0 Å². The Morgan fingerprint density at radius 2 is 1.86 bits per heavy atom. The van der Waals surface area contributed by atoms with E-state index in [1.54, 1.807) is 14.2 Å². The summed E-state index contributed by atoms with van der Waals surface area (Å²) in [6.07, 6.45) is 5.49. The number of fused-ring (bicyclic) bond motifs is 1. The van der Waals surface area contributed by atoms with Gasteiger partial charge in [0.15, 0.2) is 11.5 Å². The molecule has 1 aromatic heterocycles. The first kappa shape index (κ1) is 18.8. The number of benzene rings is 1. The number of carbonyl (C=O) groups excluding carboxylic acids is 1. The number of amides is 1. The average Bonchev–Trinajstić information content (AvgIpc) is 3.34. The highest BCUT2D eigenvalue weighted by Gasteiger charge is 2.35. The second-order valence-corrected chi connectivity index (χ2v) is 7.98. The summed E-state index contributed by atoms with van der Waals surface area (Å²) in [4.78, 5) is 19.3. The van der Waals surface area contributed by atoms with Gasteiger partial charge in [0.2, 0.25) is 5.91 Å². The highest BCUT2D eigenvalue weighted by atomic mass is 16.5. The quantitative estimate of drug-likeness (QED) is 0.823. The lowest BCUT2D eigenvalue weighted by Gasteiger charge is -2.24. The van der Waals surface area contributed by atoms with Crippen molar-refractivity contribution in [1.82, 2.24) is 9.88 Å². The number of likely N-dealkylation sites (tertiary alicyclic amines) is 1. The number of aryl methyl sites for hydroxylation is 1. The highest BCUT2D eigenvalue weighted by molar-refractivity contribution is 5.87. The minimum Gasteiger partial charge on any atom is -0.493 e. The molecule has 28 heavy (non-hydrogen) atoms. The Hall–Kier alpha value is -2.50. The van der Waals surface area contributed by atoms with Gasteiger partial charge in [-0.1, -0.05) is 12.8 Å². The van der Waals surface area contributed by atoms with Crippen LogP contribution in [0.5, 0.6) is 11.5 Å². The summed E-state index contributed by atoms with van der Waals surface area (Å²) in [5.41, 5.74) is 2.00. The van der Waals surface area contributed by atoms with E-state index < -0.39 is 0 Å². The first-order chi connectivity index (χ1) is 13.6. The third-order valence-corrected chi connectivity index (χ3v) is 6.10. The van der Waals surface area contributed by atoms with Gasteiger partial charge in [-0.05, 0) is 37.5 Å². The molecule has 2 aromatic rings. The van der Waals surface area contributed by atoms with E-state index in [1.165, 1.54) is 25.7 Å². The van der Waals surface area contributed by atoms with Crippen LogP contribution in [0.15, 0.2) is 18.2 Å².